The van der Waals surface area contributed by atoms with Gasteiger partial charge in [0.2, 0.25) is 6.29 Å². The molecular formula is C27H54O3. The highest BCUT2D eigenvalue weighted by atomic mass is 16.6. The van der Waals surface area contributed by atoms with E-state index in [-0.39, 0.29) is 0 Å². The lowest BCUT2D eigenvalue weighted by Gasteiger charge is -2.09. The highest BCUT2D eigenvalue weighted by Gasteiger charge is 2.06. The maximum atomic E-state index is 10.7. The lowest BCUT2D eigenvalue weighted by molar-refractivity contribution is -0.165. The van der Waals surface area contributed by atoms with Gasteiger partial charge in [0.1, 0.15) is 0 Å². The minimum atomic E-state index is -0.910. The first-order chi connectivity index (χ1) is 14.7. The standard InChI is InChI=1S/C27H54O3/c1-3-4-5-6-7-8-9-10-11-12-13-14-15-16-17-18-19-20-21-22-23-24-25-27(29)30-26(2)28/h27,29H,3-25H2,1-2H3. The molecule has 1 unspecified atom stereocenters. The molecule has 0 saturated heterocycles. The van der Waals surface area contributed by atoms with Gasteiger partial charge in [-0.05, 0) is 6.42 Å². The van der Waals surface area contributed by atoms with Crippen LogP contribution in [0.5, 0.6) is 0 Å². The van der Waals surface area contributed by atoms with Crippen molar-refractivity contribution >= 4 is 5.97 Å². The Kier molecular flexibility index (Phi) is 24.2. The Hall–Kier alpha value is -0.570. The average Bonchev–Trinajstić information content (AvgIpc) is 2.71. The second kappa shape index (κ2) is 24.7. The molecule has 0 spiro atoms. The molecule has 30 heavy (non-hydrogen) atoms. The van der Waals surface area contributed by atoms with Crippen LogP contribution in [0.15, 0.2) is 0 Å². The van der Waals surface area contributed by atoms with Crippen molar-refractivity contribution in [3.8, 4) is 0 Å². The summed E-state index contributed by atoms with van der Waals surface area (Å²) in [5, 5.41) is 9.44. The SMILES string of the molecule is CCCCCCCCCCCCCCCCCCCCCCCCC(O)OC(C)=O. The minimum Gasteiger partial charge on any atom is -0.436 e. The Morgan fingerprint density at radius 1 is 0.567 bits per heavy atom. The van der Waals surface area contributed by atoms with Crippen molar-refractivity contribution in [3.63, 3.8) is 0 Å². The van der Waals surface area contributed by atoms with Crippen LogP contribution in [0.3, 0.4) is 0 Å². The zero-order chi connectivity index (χ0) is 22.1. The van der Waals surface area contributed by atoms with Crippen molar-refractivity contribution in [1.82, 2.24) is 0 Å². The quantitative estimate of drug-likeness (QED) is 0.0952. The Balaban J connectivity index is 3.06. The van der Waals surface area contributed by atoms with E-state index in [0.717, 1.165) is 12.8 Å². The number of esters is 1. The normalized spacial score (nSPS) is 12.2. The third kappa shape index (κ3) is 25.5. The van der Waals surface area contributed by atoms with Gasteiger partial charge in [0.25, 0.3) is 0 Å². The molecule has 3 nitrogen and oxygen atoms in total. The molecule has 0 radical (unpaired) electrons. The molecule has 0 amide bonds. The minimum absolute atomic E-state index is 0.402. The van der Waals surface area contributed by atoms with Gasteiger partial charge in [-0.25, -0.2) is 0 Å². The van der Waals surface area contributed by atoms with E-state index >= 15 is 0 Å². The molecule has 0 fully saturated rings. The first kappa shape index (κ1) is 29.4. The molecule has 1 N–H and O–H groups in total. The molecule has 0 aromatic carbocycles. The van der Waals surface area contributed by atoms with Gasteiger partial charge in [-0.2, -0.15) is 0 Å². The first-order valence-corrected chi connectivity index (χ1v) is 13.5. The molecule has 1 atom stereocenters. The van der Waals surface area contributed by atoms with Gasteiger partial charge in [0.15, 0.2) is 0 Å². The third-order valence-electron chi connectivity index (χ3n) is 6.11. The van der Waals surface area contributed by atoms with Crippen molar-refractivity contribution < 1.29 is 14.6 Å². The summed E-state index contributed by atoms with van der Waals surface area (Å²) in [6.45, 7) is 3.62. The van der Waals surface area contributed by atoms with Crippen molar-refractivity contribution in [3.05, 3.63) is 0 Å². The van der Waals surface area contributed by atoms with Crippen molar-refractivity contribution in [2.24, 2.45) is 0 Å². The molecule has 0 aliphatic rings. The highest BCUT2D eigenvalue weighted by molar-refractivity contribution is 5.65. The summed E-state index contributed by atoms with van der Waals surface area (Å²) in [4.78, 5) is 10.7. The fourth-order valence-electron chi connectivity index (χ4n) is 4.18. The van der Waals surface area contributed by atoms with Crippen molar-refractivity contribution in [2.75, 3.05) is 0 Å². The van der Waals surface area contributed by atoms with Gasteiger partial charge in [-0.3, -0.25) is 4.79 Å². The second-order valence-corrected chi connectivity index (χ2v) is 9.28. The average molecular weight is 427 g/mol. The van der Waals surface area contributed by atoms with Crippen LogP contribution >= 0.6 is 0 Å². The Bertz CT molecular complexity index is 343. The number of hydrogen-bond acceptors (Lipinski definition) is 3. The summed E-state index contributed by atoms with van der Waals surface area (Å²) in [5.41, 5.74) is 0. The van der Waals surface area contributed by atoms with Crippen LogP contribution in [0.4, 0.5) is 0 Å². The molecule has 0 aliphatic heterocycles. The molecule has 3 heteroatoms. The summed E-state index contributed by atoms with van der Waals surface area (Å²) in [7, 11) is 0. The maximum absolute atomic E-state index is 10.7. The van der Waals surface area contributed by atoms with Crippen LogP contribution in [0.25, 0.3) is 0 Å². The smallest absolute Gasteiger partial charge is 0.304 e. The lowest BCUT2D eigenvalue weighted by atomic mass is 10.0. The van der Waals surface area contributed by atoms with E-state index in [2.05, 4.69) is 6.92 Å². The van der Waals surface area contributed by atoms with Crippen LogP contribution < -0.4 is 0 Å². The number of aliphatic hydroxyl groups excluding tert-OH is 1. The van der Waals surface area contributed by atoms with Gasteiger partial charge < -0.3 is 9.84 Å². The van der Waals surface area contributed by atoms with Gasteiger partial charge >= 0.3 is 5.97 Å². The molecule has 0 heterocycles. The molecule has 0 aromatic rings. The zero-order valence-corrected chi connectivity index (χ0v) is 20.6. The predicted molar refractivity (Wildman–Crippen MR) is 130 cm³/mol. The van der Waals surface area contributed by atoms with Gasteiger partial charge in [0, 0.05) is 13.3 Å². The van der Waals surface area contributed by atoms with E-state index in [9.17, 15) is 9.90 Å². The molecule has 0 saturated carbocycles. The maximum Gasteiger partial charge on any atom is 0.304 e. The molecule has 0 aromatic heterocycles. The van der Waals surface area contributed by atoms with Crippen LogP contribution in [-0.4, -0.2) is 17.4 Å². The highest BCUT2D eigenvalue weighted by Crippen LogP contribution is 2.15. The largest absolute Gasteiger partial charge is 0.436 e. The van der Waals surface area contributed by atoms with E-state index < -0.39 is 12.3 Å². The van der Waals surface area contributed by atoms with Crippen molar-refractivity contribution in [1.29, 1.82) is 0 Å². The monoisotopic (exact) mass is 426 g/mol. The molecule has 180 valence electrons. The number of unbranched alkanes of at least 4 members (excludes halogenated alkanes) is 21. The number of hydrogen-bond donors (Lipinski definition) is 1. The Morgan fingerprint density at radius 2 is 0.833 bits per heavy atom. The molecular weight excluding hydrogens is 372 g/mol. The second-order valence-electron chi connectivity index (χ2n) is 9.28. The van der Waals surface area contributed by atoms with Gasteiger partial charge in [-0.1, -0.05) is 142 Å². The van der Waals surface area contributed by atoms with E-state index in [1.54, 1.807) is 0 Å². The number of rotatable bonds is 24. The fraction of sp³-hybridized carbons (Fsp3) is 0.963. The predicted octanol–water partition coefficient (Wildman–Crippen LogP) is 8.86. The number of aliphatic hydroxyl groups is 1. The van der Waals surface area contributed by atoms with E-state index in [4.69, 9.17) is 4.74 Å². The number of ether oxygens (including phenoxy) is 1. The summed E-state index contributed by atoms with van der Waals surface area (Å²) >= 11 is 0. The molecule has 0 aliphatic carbocycles. The van der Waals surface area contributed by atoms with Crippen molar-refractivity contribution in [2.45, 2.75) is 168 Å². The summed E-state index contributed by atoms with van der Waals surface area (Å²) in [5.74, 6) is -0.402. The Morgan fingerprint density at radius 3 is 1.10 bits per heavy atom. The summed E-state index contributed by atoms with van der Waals surface area (Å²) in [6, 6.07) is 0. The summed E-state index contributed by atoms with van der Waals surface area (Å²) < 4.78 is 4.71. The molecule has 0 rings (SSSR count). The topological polar surface area (TPSA) is 46.5 Å². The van der Waals surface area contributed by atoms with Crippen LogP contribution in [-0.2, 0) is 9.53 Å². The summed E-state index contributed by atoms with van der Waals surface area (Å²) in [6.07, 6.45) is 29.9. The van der Waals surface area contributed by atoms with Crippen LogP contribution in [0.1, 0.15) is 162 Å². The first-order valence-electron chi connectivity index (χ1n) is 13.5. The lowest BCUT2D eigenvalue weighted by Crippen LogP contribution is -2.14. The molecule has 0 bridgehead atoms. The van der Waals surface area contributed by atoms with E-state index in [1.807, 2.05) is 0 Å². The number of carbonyl (C=O) groups is 1. The number of carbonyl (C=O) groups excluding carboxylic acids is 1. The van der Waals surface area contributed by atoms with E-state index in [0.29, 0.717) is 6.42 Å². The van der Waals surface area contributed by atoms with Gasteiger partial charge in [-0.15, -0.1) is 0 Å². The Labute approximate surface area is 188 Å². The van der Waals surface area contributed by atoms with Crippen LogP contribution in [0.2, 0.25) is 0 Å². The fourth-order valence-corrected chi connectivity index (χ4v) is 4.18. The van der Waals surface area contributed by atoms with Gasteiger partial charge in [0.05, 0.1) is 0 Å². The third-order valence-corrected chi connectivity index (χ3v) is 6.11. The van der Waals surface area contributed by atoms with E-state index in [1.165, 1.54) is 135 Å². The zero-order valence-electron chi connectivity index (χ0n) is 20.6. The van der Waals surface area contributed by atoms with Crippen LogP contribution in [0, 0.1) is 0 Å².